The first-order valence-electron chi connectivity index (χ1n) is 10.9. The Bertz CT molecular complexity index is 1390. The van der Waals surface area contributed by atoms with Gasteiger partial charge in [-0.15, -0.1) is 0 Å². The molecule has 0 radical (unpaired) electrons. The number of aryl methyl sites for hydroxylation is 1. The molecule has 0 spiro atoms. The maximum Gasteiger partial charge on any atom is 0.302 e. The lowest BCUT2D eigenvalue weighted by Crippen LogP contribution is -2.37. The van der Waals surface area contributed by atoms with Crippen LogP contribution in [0.5, 0.6) is 0 Å². The van der Waals surface area contributed by atoms with Crippen LogP contribution in [0, 0.1) is 12.8 Å². The monoisotopic (exact) mass is 515 g/mol. The van der Waals surface area contributed by atoms with Crippen molar-refractivity contribution in [1.82, 2.24) is 4.98 Å². The number of aliphatic imine (C=N–C) groups is 2. The number of nitrogens with one attached hydrogen (secondary N) is 2. The SMILES string of the molecule is CC1=NC(Nc2nc3ccccc3o2)=NC(c2ccccc2Br)C1C(=O)Nc1ccc(C)cc1. The van der Waals surface area contributed by atoms with Crippen molar-refractivity contribution in [2.75, 3.05) is 10.6 Å². The molecule has 2 N–H and O–H groups in total. The summed E-state index contributed by atoms with van der Waals surface area (Å²) in [5, 5.41) is 6.09. The third-order valence-corrected chi connectivity index (χ3v) is 6.37. The minimum absolute atomic E-state index is 0.171. The van der Waals surface area contributed by atoms with Crippen LogP contribution in [0.1, 0.15) is 24.1 Å². The fourth-order valence-electron chi connectivity index (χ4n) is 3.94. The van der Waals surface area contributed by atoms with Crippen LogP contribution in [-0.4, -0.2) is 22.6 Å². The second-order valence-electron chi connectivity index (χ2n) is 8.12. The molecule has 4 aromatic rings. The van der Waals surface area contributed by atoms with E-state index in [9.17, 15) is 4.79 Å². The second-order valence-corrected chi connectivity index (χ2v) is 8.97. The Labute approximate surface area is 205 Å². The van der Waals surface area contributed by atoms with E-state index in [2.05, 4.69) is 36.5 Å². The van der Waals surface area contributed by atoms with Gasteiger partial charge >= 0.3 is 6.01 Å². The maximum atomic E-state index is 13.4. The van der Waals surface area contributed by atoms with Gasteiger partial charge in [0.1, 0.15) is 11.4 Å². The molecule has 1 aliphatic rings. The molecule has 1 aromatic heterocycles. The molecule has 1 aliphatic heterocycles. The summed E-state index contributed by atoms with van der Waals surface area (Å²) in [6, 6.07) is 22.8. The third-order valence-electron chi connectivity index (χ3n) is 5.65. The number of fused-ring (bicyclic) bond motifs is 1. The van der Waals surface area contributed by atoms with Crippen LogP contribution >= 0.6 is 15.9 Å². The molecule has 5 rings (SSSR count). The summed E-state index contributed by atoms with van der Waals surface area (Å²) in [5.41, 5.74) is 4.78. The highest BCUT2D eigenvalue weighted by Gasteiger charge is 2.36. The topological polar surface area (TPSA) is 91.9 Å². The summed E-state index contributed by atoms with van der Waals surface area (Å²) >= 11 is 3.62. The van der Waals surface area contributed by atoms with Crippen LogP contribution in [0.3, 0.4) is 0 Å². The molecule has 7 nitrogen and oxygen atoms in total. The van der Waals surface area contributed by atoms with Crippen LogP contribution in [0.15, 0.2) is 91.7 Å². The summed E-state index contributed by atoms with van der Waals surface area (Å²) in [6.45, 7) is 3.85. The first-order chi connectivity index (χ1) is 16.5. The average Bonchev–Trinajstić information content (AvgIpc) is 3.22. The van der Waals surface area contributed by atoms with Crippen molar-refractivity contribution in [1.29, 1.82) is 0 Å². The molecule has 0 saturated heterocycles. The number of guanidine groups is 1. The molecule has 2 heterocycles. The van der Waals surface area contributed by atoms with Crippen molar-refractivity contribution < 1.29 is 9.21 Å². The number of hydrogen-bond donors (Lipinski definition) is 2. The van der Waals surface area contributed by atoms with Gasteiger partial charge in [-0.05, 0) is 49.7 Å². The number of hydrogen-bond acceptors (Lipinski definition) is 6. The first kappa shape index (κ1) is 22.0. The van der Waals surface area contributed by atoms with Gasteiger partial charge in [-0.3, -0.25) is 10.1 Å². The molecular weight excluding hydrogens is 494 g/mol. The normalized spacial score (nSPS) is 17.7. The highest BCUT2D eigenvalue weighted by molar-refractivity contribution is 9.10. The van der Waals surface area contributed by atoms with Crippen molar-refractivity contribution in [3.05, 3.63) is 88.4 Å². The van der Waals surface area contributed by atoms with E-state index in [0.717, 1.165) is 26.8 Å². The molecule has 0 fully saturated rings. The number of para-hydroxylation sites is 2. The number of nitrogens with zero attached hydrogens (tertiary/aromatic N) is 3. The summed E-state index contributed by atoms with van der Waals surface area (Å²) in [7, 11) is 0. The van der Waals surface area contributed by atoms with Crippen LogP contribution < -0.4 is 10.6 Å². The highest BCUT2D eigenvalue weighted by atomic mass is 79.9. The number of amides is 1. The van der Waals surface area contributed by atoms with Gasteiger partial charge in [0.25, 0.3) is 0 Å². The molecule has 2 unspecified atom stereocenters. The van der Waals surface area contributed by atoms with Gasteiger partial charge in [-0.2, -0.15) is 4.98 Å². The van der Waals surface area contributed by atoms with Gasteiger partial charge < -0.3 is 9.73 Å². The van der Waals surface area contributed by atoms with Gasteiger partial charge in [0.2, 0.25) is 11.9 Å². The van der Waals surface area contributed by atoms with Gasteiger partial charge in [0, 0.05) is 15.9 Å². The van der Waals surface area contributed by atoms with Crippen molar-refractivity contribution in [2.24, 2.45) is 15.9 Å². The second kappa shape index (κ2) is 9.23. The van der Waals surface area contributed by atoms with Crippen molar-refractivity contribution in [3.8, 4) is 0 Å². The van der Waals surface area contributed by atoms with E-state index in [4.69, 9.17) is 9.41 Å². The number of rotatable bonds is 4. The summed E-state index contributed by atoms with van der Waals surface area (Å²) in [4.78, 5) is 27.3. The van der Waals surface area contributed by atoms with Gasteiger partial charge in [-0.25, -0.2) is 9.98 Å². The van der Waals surface area contributed by atoms with E-state index >= 15 is 0 Å². The molecule has 0 bridgehead atoms. The first-order valence-corrected chi connectivity index (χ1v) is 11.6. The lowest BCUT2D eigenvalue weighted by Gasteiger charge is -2.28. The minimum Gasteiger partial charge on any atom is -0.423 e. The van der Waals surface area contributed by atoms with E-state index in [1.165, 1.54) is 0 Å². The summed E-state index contributed by atoms with van der Waals surface area (Å²) in [6.07, 6.45) is 0. The molecule has 0 saturated carbocycles. The zero-order valence-corrected chi connectivity index (χ0v) is 20.2. The summed E-state index contributed by atoms with van der Waals surface area (Å²) in [5.74, 6) is -0.422. The van der Waals surface area contributed by atoms with Gasteiger partial charge in [0.15, 0.2) is 5.58 Å². The molecule has 8 heteroatoms. The number of oxazole rings is 1. The molecule has 3 aromatic carbocycles. The Balaban J connectivity index is 1.48. The molecular formula is C26H22BrN5O2. The number of halogens is 1. The van der Waals surface area contributed by atoms with E-state index < -0.39 is 12.0 Å². The molecule has 34 heavy (non-hydrogen) atoms. The largest absolute Gasteiger partial charge is 0.423 e. The van der Waals surface area contributed by atoms with E-state index in [1.54, 1.807) is 0 Å². The number of carbonyl (C=O) groups excluding carboxylic acids is 1. The Kier molecular flexibility index (Phi) is 5.98. The van der Waals surface area contributed by atoms with Crippen LogP contribution in [0.2, 0.25) is 0 Å². The number of aromatic nitrogens is 1. The van der Waals surface area contributed by atoms with Crippen LogP contribution in [0.4, 0.5) is 11.7 Å². The van der Waals surface area contributed by atoms with Gasteiger partial charge in [0.05, 0.1) is 6.04 Å². The third kappa shape index (κ3) is 4.49. The fraction of sp³-hybridized carbons (Fsp3) is 0.154. The Morgan fingerprint density at radius 3 is 2.47 bits per heavy atom. The van der Waals surface area contributed by atoms with Crippen molar-refractivity contribution in [2.45, 2.75) is 19.9 Å². The number of anilines is 2. The molecule has 1 amide bonds. The van der Waals surface area contributed by atoms with Crippen LogP contribution in [0.25, 0.3) is 11.1 Å². The Hall–Kier alpha value is -3.78. The number of benzene rings is 3. The zero-order valence-electron chi connectivity index (χ0n) is 18.6. The van der Waals surface area contributed by atoms with E-state index in [-0.39, 0.29) is 5.91 Å². The Morgan fingerprint density at radius 1 is 0.971 bits per heavy atom. The molecule has 2 atom stereocenters. The minimum atomic E-state index is -0.589. The highest BCUT2D eigenvalue weighted by Crippen LogP contribution is 2.36. The number of carbonyl (C=O) groups is 1. The Morgan fingerprint density at radius 2 is 1.71 bits per heavy atom. The standard InChI is InChI=1S/C26H22BrN5O2/c1-15-11-13-17(14-12-15)29-24(33)22-16(2)28-25(31-23(22)18-7-3-4-8-19(18)27)32-26-30-20-9-5-6-10-21(20)34-26/h3-14,22-23H,1-2H3,(H,29,33)(H,30,31,32). The molecule has 170 valence electrons. The van der Waals surface area contributed by atoms with E-state index in [0.29, 0.717) is 23.3 Å². The summed E-state index contributed by atoms with van der Waals surface area (Å²) < 4.78 is 6.64. The fourth-order valence-corrected chi connectivity index (χ4v) is 4.46. The zero-order chi connectivity index (χ0) is 23.7. The van der Waals surface area contributed by atoms with Crippen molar-refractivity contribution in [3.63, 3.8) is 0 Å². The smallest absolute Gasteiger partial charge is 0.302 e. The average molecular weight is 516 g/mol. The van der Waals surface area contributed by atoms with E-state index in [1.807, 2.05) is 86.6 Å². The predicted molar refractivity (Wildman–Crippen MR) is 138 cm³/mol. The maximum absolute atomic E-state index is 13.4. The quantitative estimate of drug-likeness (QED) is 0.341. The van der Waals surface area contributed by atoms with Gasteiger partial charge in [-0.1, -0.05) is 64.0 Å². The molecule has 0 aliphatic carbocycles. The van der Waals surface area contributed by atoms with Crippen molar-refractivity contribution >= 4 is 56.3 Å². The lowest BCUT2D eigenvalue weighted by molar-refractivity contribution is -0.118. The van der Waals surface area contributed by atoms with Crippen LogP contribution in [-0.2, 0) is 4.79 Å². The predicted octanol–water partition coefficient (Wildman–Crippen LogP) is 6.14. The lowest BCUT2D eigenvalue weighted by atomic mass is 9.88.